The summed E-state index contributed by atoms with van der Waals surface area (Å²) in [5, 5.41) is 10.6. The van der Waals surface area contributed by atoms with Crippen LogP contribution in [-0.4, -0.2) is 30.3 Å². The zero-order valence-corrected chi connectivity index (χ0v) is 10.6. The average molecular weight is 257 g/mol. The summed E-state index contributed by atoms with van der Waals surface area (Å²) in [6, 6.07) is 3.31. The summed E-state index contributed by atoms with van der Waals surface area (Å²) in [6.45, 7) is 0.686. The SMILES string of the molecule is N[C@@H](COCCCCCc1cccs1)C(=O)O. The van der Waals surface area contributed by atoms with Crippen LogP contribution in [0.2, 0.25) is 0 Å². The third-order valence-corrected chi connectivity index (χ3v) is 3.34. The number of carbonyl (C=O) groups is 1. The van der Waals surface area contributed by atoms with Crippen LogP contribution in [-0.2, 0) is 16.0 Å². The highest BCUT2D eigenvalue weighted by molar-refractivity contribution is 7.09. The Morgan fingerprint density at radius 3 is 2.94 bits per heavy atom. The first kappa shape index (κ1) is 14.2. The lowest BCUT2D eigenvalue weighted by Crippen LogP contribution is -2.34. The number of thiophene rings is 1. The van der Waals surface area contributed by atoms with E-state index in [2.05, 4.69) is 17.5 Å². The lowest BCUT2D eigenvalue weighted by Gasteiger charge is -2.07. The Hall–Kier alpha value is -0.910. The predicted octanol–water partition coefficient (Wildman–Crippen LogP) is 1.89. The second-order valence-electron chi connectivity index (χ2n) is 3.91. The molecule has 0 aromatic carbocycles. The van der Waals surface area contributed by atoms with Crippen LogP contribution in [0.15, 0.2) is 17.5 Å². The van der Waals surface area contributed by atoms with Crippen molar-refractivity contribution in [3.05, 3.63) is 22.4 Å². The van der Waals surface area contributed by atoms with Crippen molar-refractivity contribution in [1.82, 2.24) is 0 Å². The molecule has 4 nitrogen and oxygen atoms in total. The van der Waals surface area contributed by atoms with E-state index in [0.717, 1.165) is 25.7 Å². The van der Waals surface area contributed by atoms with Gasteiger partial charge in [-0.1, -0.05) is 12.5 Å². The van der Waals surface area contributed by atoms with Crippen molar-refractivity contribution in [1.29, 1.82) is 0 Å². The van der Waals surface area contributed by atoms with Gasteiger partial charge >= 0.3 is 5.97 Å². The van der Waals surface area contributed by atoms with E-state index in [9.17, 15) is 4.79 Å². The molecule has 1 rings (SSSR count). The number of unbranched alkanes of at least 4 members (excludes halogenated alkanes) is 2. The Bertz CT molecular complexity index is 314. The zero-order valence-electron chi connectivity index (χ0n) is 9.80. The van der Waals surface area contributed by atoms with Gasteiger partial charge in [0.1, 0.15) is 6.04 Å². The Balaban J connectivity index is 1.89. The molecule has 1 aromatic rings. The van der Waals surface area contributed by atoms with Gasteiger partial charge in [-0.2, -0.15) is 0 Å². The van der Waals surface area contributed by atoms with Gasteiger partial charge in [-0.15, -0.1) is 11.3 Å². The van der Waals surface area contributed by atoms with E-state index in [4.69, 9.17) is 15.6 Å². The third kappa shape index (κ3) is 6.41. The van der Waals surface area contributed by atoms with Crippen molar-refractivity contribution in [2.75, 3.05) is 13.2 Å². The molecular formula is C12H19NO3S. The van der Waals surface area contributed by atoms with Crippen LogP contribution in [0.3, 0.4) is 0 Å². The number of aliphatic carboxylic acids is 1. The van der Waals surface area contributed by atoms with Gasteiger partial charge in [0.15, 0.2) is 0 Å². The van der Waals surface area contributed by atoms with Gasteiger partial charge in [0.05, 0.1) is 6.61 Å². The minimum atomic E-state index is -1.01. The fraction of sp³-hybridized carbons (Fsp3) is 0.583. The van der Waals surface area contributed by atoms with Crippen molar-refractivity contribution >= 4 is 17.3 Å². The topological polar surface area (TPSA) is 72.5 Å². The van der Waals surface area contributed by atoms with E-state index in [1.54, 1.807) is 11.3 Å². The maximum absolute atomic E-state index is 10.4. The molecule has 0 unspecified atom stereocenters. The molecule has 5 heteroatoms. The average Bonchev–Trinajstić information content (AvgIpc) is 2.80. The van der Waals surface area contributed by atoms with Gasteiger partial charge in [0.2, 0.25) is 0 Å². The van der Waals surface area contributed by atoms with Crippen LogP contribution < -0.4 is 5.73 Å². The van der Waals surface area contributed by atoms with Crippen LogP contribution in [0.5, 0.6) is 0 Å². The smallest absolute Gasteiger partial charge is 0.322 e. The first-order valence-electron chi connectivity index (χ1n) is 5.78. The number of hydrogen-bond donors (Lipinski definition) is 2. The Kier molecular flexibility index (Phi) is 6.84. The fourth-order valence-electron chi connectivity index (χ4n) is 1.42. The first-order valence-corrected chi connectivity index (χ1v) is 6.66. The first-order chi connectivity index (χ1) is 8.20. The highest BCUT2D eigenvalue weighted by atomic mass is 32.1. The Morgan fingerprint density at radius 1 is 1.47 bits per heavy atom. The van der Waals surface area contributed by atoms with E-state index in [0.29, 0.717) is 6.61 Å². The molecule has 96 valence electrons. The van der Waals surface area contributed by atoms with E-state index in [1.165, 1.54) is 4.88 Å². The molecular weight excluding hydrogens is 238 g/mol. The molecule has 0 spiro atoms. The second kappa shape index (κ2) is 8.22. The lowest BCUT2D eigenvalue weighted by molar-refractivity contribution is -0.140. The third-order valence-electron chi connectivity index (χ3n) is 2.41. The fourth-order valence-corrected chi connectivity index (χ4v) is 2.17. The molecule has 0 aliphatic heterocycles. The number of ether oxygens (including phenoxy) is 1. The van der Waals surface area contributed by atoms with Crippen LogP contribution >= 0.6 is 11.3 Å². The van der Waals surface area contributed by atoms with Crippen LogP contribution in [0.4, 0.5) is 0 Å². The van der Waals surface area contributed by atoms with E-state index in [-0.39, 0.29) is 6.61 Å². The molecule has 0 bridgehead atoms. The molecule has 0 aliphatic rings. The number of aryl methyl sites for hydroxylation is 1. The van der Waals surface area contributed by atoms with Gasteiger partial charge in [-0.05, 0) is 30.7 Å². The predicted molar refractivity (Wildman–Crippen MR) is 68.3 cm³/mol. The number of carboxylic acid groups (broad SMARTS) is 1. The quantitative estimate of drug-likeness (QED) is 0.663. The van der Waals surface area contributed by atoms with Gasteiger partial charge in [0, 0.05) is 11.5 Å². The molecule has 1 atom stereocenters. The zero-order chi connectivity index (χ0) is 12.5. The van der Waals surface area contributed by atoms with Crippen molar-refractivity contribution in [3.63, 3.8) is 0 Å². The summed E-state index contributed by atoms with van der Waals surface area (Å²) < 4.78 is 5.19. The normalized spacial score (nSPS) is 12.5. The molecule has 1 aromatic heterocycles. The number of nitrogens with two attached hydrogens (primary N) is 1. The maximum atomic E-state index is 10.4. The Morgan fingerprint density at radius 2 is 2.29 bits per heavy atom. The van der Waals surface area contributed by atoms with Crippen molar-refractivity contribution < 1.29 is 14.6 Å². The summed E-state index contributed by atoms with van der Waals surface area (Å²) in [4.78, 5) is 11.8. The van der Waals surface area contributed by atoms with E-state index < -0.39 is 12.0 Å². The van der Waals surface area contributed by atoms with Gasteiger partial charge < -0.3 is 15.6 Å². The van der Waals surface area contributed by atoms with Crippen LogP contribution in [0.1, 0.15) is 24.1 Å². The minimum Gasteiger partial charge on any atom is -0.480 e. The summed E-state index contributed by atoms with van der Waals surface area (Å²) >= 11 is 1.79. The maximum Gasteiger partial charge on any atom is 0.322 e. The largest absolute Gasteiger partial charge is 0.480 e. The van der Waals surface area contributed by atoms with E-state index in [1.807, 2.05) is 0 Å². The van der Waals surface area contributed by atoms with Gasteiger partial charge in [0.25, 0.3) is 0 Å². The number of hydrogen-bond acceptors (Lipinski definition) is 4. The Labute approximate surface area is 105 Å². The molecule has 0 saturated heterocycles. The summed E-state index contributed by atoms with van der Waals surface area (Å²) in [5.74, 6) is -1.01. The molecule has 0 fully saturated rings. The molecule has 0 aliphatic carbocycles. The summed E-state index contributed by atoms with van der Waals surface area (Å²) in [5.41, 5.74) is 5.30. The number of rotatable bonds is 9. The highest BCUT2D eigenvalue weighted by Gasteiger charge is 2.10. The van der Waals surface area contributed by atoms with Crippen LogP contribution in [0.25, 0.3) is 0 Å². The highest BCUT2D eigenvalue weighted by Crippen LogP contribution is 2.12. The van der Waals surface area contributed by atoms with Crippen molar-refractivity contribution in [3.8, 4) is 0 Å². The summed E-state index contributed by atoms with van der Waals surface area (Å²) in [6.07, 6.45) is 4.32. The van der Waals surface area contributed by atoms with Gasteiger partial charge in [-0.3, -0.25) is 4.79 Å². The summed E-state index contributed by atoms with van der Waals surface area (Å²) in [7, 11) is 0. The number of carboxylic acids is 1. The standard InChI is InChI=1S/C12H19NO3S/c13-11(12(14)15)9-16-7-3-1-2-5-10-6-4-8-17-10/h4,6,8,11H,1-3,5,7,9,13H2,(H,14,15)/t11-/m0/s1. The molecule has 0 saturated carbocycles. The van der Waals surface area contributed by atoms with Gasteiger partial charge in [-0.25, -0.2) is 0 Å². The van der Waals surface area contributed by atoms with E-state index >= 15 is 0 Å². The molecule has 0 radical (unpaired) electrons. The van der Waals surface area contributed by atoms with Crippen molar-refractivity contribution in [2.24, 2.45) is 5.73 Å². The lowest BCUT2D eigenvalue weighted by atomic mass is 10.2. The van der Waals surface area contributed by atoms with Crippen LogP contribution in [0, 0.1) is 0 Å². The molecule has 1 heterocycles. The minimum absolute atomic E-state index is 0.0975. The second-order valence-corrected chi connectivity index (χ2v) is 4.94. The monoisotopic (exact) mass is 257 g/mol. The molecule has 17 heavy (non-hydrogen) atoms. The molecule has 0 amide bonds. The molecule has 3 N–H and O–H groups in total. The van der Waals surface area contributed by atoms with Crippen molar-refractivity contribution in [2.45, 2.75) is 31.7 Å².